The minimum atomic E-state index is -4.81. The van der Waals surface area contributed by atoms with Gasteiger partial charge >= 0.3 is 18.1 Å². The number of halogens is 5. The van der Waals surface area contributed by atoms with Crippen LogP contribution in [-0.4, -0.2) is 63.7 Å². The van der Waals surface area contributed by atoms with Gasteiger partial charge in [-0.15, -0.1) is 0 Å². The minimum Gasteiger partial charge on any atom is -0.478 e. The lowest BCUT2D eigenvalue weighted by atomic mass is 10.1. The number of nitrogens with one attached hydrogen (secondary N) is 1. The number of para-hydroxylation sites is 1. The van der Waals surface area contributed by atoms with Crippen LogP contribution in [0.3, 0.4) is 0 Å². The number of carbonyl (C=O) groups is 2. The van der Waals surface area contributed by atoms with E-state index in [1.807, 2.05) is 19.9 Å². The lowest BCUT2D eigenvalue weighted by Crippen LogP contribution is -2.28. The Labute approximate surface area is 317 Å². The number of hydrogen-bond donors (Lipinski definition) is 2. The largest absolute Gasteiger partial charge is 0.478 e. The fraction of sp³-hybridized carbons (Fsp3) is 0.286. The van der Waals surface area contributed by atoms with Crippen LogP contribution >= 0.6 is 23.2 Å². The molecule has 0 saturated heterocycles. The first kappa shape index (κ1) is 41.8. The number of benzene rings is 2. The van der Waals surface area contributed by atoms with Crippen molar-refractivity contribution >= 4 is 67.4 Å². The molecule has 0 aliphatic rings. The van der Waals surface area contributed by atoms with Crippen LogP contribution in [0.2, 0.25) is 10.0 Å². The number of hydrogen-bond acceptors (Lipinski definition) is 10. The van der Waals surface area contributed by atoms with Gasteiger partial charge < -0.3 is 29.0 Å². The number of pyridine rings is 2. The third kappa shape index (κ3) is 8.86. The van der Waals surface area contributed by atoms with Crippen LogP contribution in [0, 0.1) is 6.92 Å². The highest BCUT2D eigenvalue weighted by atomic mass is 35.5. The average molecular weight is 813 g/mol. The van der Waals surface area contributed by atoms with E-state index in [9.17, 15) is 41.1 Å². The number of sulfone groups is 1. The predicted octanol–water partition coefficient (Wildman–Crippen LogP) is 7.52. The Balaban J connectivity index is 0.000000252. The van der Waals surface area contributed by atoms with E-state index >= 15 is 0 Å². The summed E-state index contributed by atoms with van der Waals surface area (Å²) in [6, 6.07) is 12.2. The third-order valence-corrected chi connectivity index (χ3v) is 10.5. The fourth-order valence-electron chi connectivity index (χ4n) is 5.13. The Hall–Kier alpha value is -4.97. The molecule has 0 spiro atoms. The summed E-state index contributed by atoms with van der Waals surface area (Å²) in [7, 11) is -2.64. The molecule has 0 atom stereocenters. The van der Waals surface area contributed by atoms with Crippen LogP contribution in [0.15, 0.2) is 64.4 Å². The molecule has 5 aromatic rings. The molecule has 2 aromatic carbocycles. The zero-order valence-corrected chi connectivity index (χ0v) is 31.7. The molecule has 0 unspecified atom stereocenters. The summed E-state index contributed by atoms with van der Waals surface area (Å²) >= 11 is 12.5. The van der Waals surface area contributed by atoms with Crippen molar-refractivity contribution in [3.05, 3.63) is 97.5 Å². The second-order valence-corrected chi connectivity index (χ2v) is 14.4. The highest BCUT2D eigenvalue weighted by Crippen LogP contribution is 2.36. The number of fused-ring (bicyclic) bond motifs is 1. The van der Waals surface area contributed by atoms with Gasteiger partial charge in [-0.05, 0) is 56.7 Å². The number of nitrogens with zero attached hydrogens (tertiary/aromatic N) is 4. The number of anilines is 2. The molecule has 3 aromatic heterocycles. The van der Waals surface area contributed by atoms with Gasteiger partial charge in [0.05, 0.1) is 48.7 Å². The third-order valence-electron chi connectivity index (χ3n) is 7.94. The summed E-state index contributed by atoms with van der Waals surface area (Å²) in [4.78, 5) is 43.7. The van der Waals surface area contributed by atoms with Crippen LogP contribution in [0.4, 0.5) is 24.5 Å². The van der Waals surface area contributed by atoms with Crippen molar-refractivity contribution in [3.63, 3.8) is 0 Å². The van der Waals surface area contributed by atoms with Crippen LogP contribution < -0.4 is 10.9 Å². The summed E-state index contributed by atoms with van der Waals surface area (Å²) < 4.78 is 77.2. The van der Waals surface area contributed by atoms with Gasteiger partial charge in [-0.3, -0.25) is 9.78 Å². The first-order valence-electron chi connectivity index (χ1n) is 16.1. The molecule has 288 valence electrons. The first-order valence-corrected chi connectivity index (χ1v) is 18.5. The van der Waals surface area contributed by atoms with Gasteiger partial charge in [0.25, 0.3) is 5.56 Å². The Morgan fingerprint density at radius 3 is 2.35 bits per heavy atom. The van der Waals surface area contributed by atoms with Crippen molar-refractivity contribution in [1.29, 1.82) is 0 Å². The van der Waals surface area contributed by atoms with Crippen LogP contribution in [0.5, 0.6) is 0 Å². The van der Waals surface area contributed by atoms with E-state index in [0.717, 1.165) is 22.4 Å². The lowest BCUT2D eigenvalue weighted by molar-refractivity contribution is -0.144. The summed E-state index contributed by atoms with van der Waals surface area (Å²) in [5.41, 5.74) is -0.873. The molecule has 0 fully saturated rings. The smallest absolute Gasteiger partial charge is 0.431 e. The number of carboxylic acids is 1. The molecule has 0 aliphatic heterocycles. The monoisotopic (exact) mass is 811 g/mol. The quantitative estimate of drug-likeness (QED) is 0.0768. The van der Waals surface area contributed by atoms with Crippen LogP contribution in [-0.2, 0) is 39.1 Å². The van der Waals surface area contributed by atoms with Crippen molar-refractivity contribution in [3.8, 4) is 11.5 Å². The summed E-state index contributed by atoms with van der Waals surface area (Å²) in [6.07, 6.45) is -3.89. The van der Waals surface area contributed by atoms with Crippen molar-refractivity contribution < 1.29 is 45.8 Å². The molecule has 0 aliphatic carbocycles. The van der Waals surface area contributed by atoms with Gasteiger partial charge in [0.1, 0.15) is 16.9 Å². The van der Waals surface area contributed by atoms with E-state index in [4.69, 9.17) is 32.7 Å². The van der Waals surface area contributed by atoms with Crippen LogP contribution in [0.1, 0.15) is 52.7 Å². The molecule has 13 nitrogen and oxygen atoms in total. The van der Waals surface area contributed by atoms with E-state index < -0.39 is 44.1 Å². The number of ether oxygens (including phenoxy) is 2. The number of carboxylic acid groups (broad SMARTS) is 1. The molecular formula is C35H34Cl2F3N5O8S. The van der Waals surface area contributed by atoms with Crippen LogP contribution in [0.25, 0.3) is 22.6 Å². The van der Waals surface area contributed by atoms with Crippen molar-refractivity contribution in [2.75, 3.05) is 24.5 Å². The molecule has 0 saturated carbocycles. The number of aromatic carboxylic acids is 1. The van der Waals surface area contributed by atoms with Crippen molar-refractivity contribution in [1.82, 2.24) is 19.1 Å². The molecule has 0 amide bonds. The molecule has 54 heavy (non-hydrogen) atoms. The molecule has 0 bridgehead atoms. The van der Waals surface area contributed by atoms with Gasteiger partial charge in [0.15, 0.2) is 22.5 Å². The van der Waals surface area contributed by atoms with Gasteiger partial charge in [-0.25, -0.2) is 23.0 Å². The van der Waals surface area contributed by atoms with Gasteiger partial charge in [0, 0.05) is 26.4 Å². The molecule has 2 N–H and O–H groups in total. The maximum Gasteiger partial charge on any atom is 0.431 e. The van der Waals surface area contributed by atoms with Gasteiger partial charge in [0.2, 0.25) is 0 Å². The number of alkyl halides is 3. The Bertz CT molecular complexity index is 2400. The Morgan fingerprint density at radius 1 is 1.06 bits per heavy atom. The Morgan fingerprint density at radius 2 is 1.74 bits per heavy atom. The second kappa shape index (κ2) is 17.0. The van der Waals surface area contributed by atoms with E-state index in [2.05, 4.69) is 15.3 Å². The van der Waals surface area contributed by atoms with Gasteiger partial charge in [-0.2, -0.15) is 13.2 Å². The topological polar surface area (TPSA) is 172 Å². The number of aryl methyl sites for hydroxylation is 2. The number of imidazole rings is 1. The maximum atomic E-state index is 13.4. The number of esters is 1. The number of rotatable bonds is 11. The highest BCUT2D eigenvalue weighted by molar-refractivity contribution is 7.91. The van der Waals surface area contributed by atoms with E-state index in [1.54, 1.807) is 30.3 Å². The number of aromatic nitrogens is 4. The molecular weight excluding hydrogens is 778 g/mol. The zero-order chi connectivity index (χ0) is 40.1. The Kier molecular flexibility index (Phi) is 13.2. The standard InChI is InChI=1S/C18H17F3N4O5S.C17H17Cl2NO3/c1-4-25-12(18(19,20)21)7-10-14(16(25)26)24(3)15(23-10)13-11(31(29,30)5-2)6-9(8-22-13)17(27)28;1-3-22-10-23-17(21)12-6-4-5-7-14(12)20-16-13(18)9-8-11(2)15(16)19/h6-8H,4-5H2,1-3H3,(H,27,28);4-9,20H,3,10H2,1-2H3. The maximum absolute atomic E-state index is 13.4. The average Bonchev–Trinajstić information content (AvgIpc) is 3.47. The van der Waals surface area contributed by atoms with E-state index in [-0.39, 0.29) is 47.2 Å². The summed E-state index contributed by atoms with van der Waals surface area (Å²) in [5.74, 6) is -2.45. The SMILES string of the molecule is CCOCOC(=O)c1ccccc1Nc1c(Cl)ccc(C)c1Cl.CCn1c(C(F)(F)F)cc2nc(-c3ncc(C(=O)O)cc3S(=O)(=O)CC)n(C)c2c1=O. The first-order chi connectivity index (χ1) is 25.4. The molecule has 0 radical (unpaired) electrons. The van der Waals surface area contributed by atoms with Crippen molar-refractivity contribution in [2.24, 2.45) is 7.05 Å². The lowest BCUT2D eigenvalue weighted by Gasteiger charge is -2.15. The molecule has 19 heteroatoms. The second-order valence-electron chi connectivity index (χ2n) is 11.4. The predicted molar refractivity (Wildman–Crippen MR) is 196 cm³/mol. The van der Waals surface area contributed by atoms with Crippen molar-refractivity contribution in [2.45, 2.75) is 45.3 Å². The fourth-order valence-corrected chi connectivity index (χ4v) is 6.65. The zero-order valence-electron chi connectivity index (χ0n) is 29.4. The van der Waals surface area contributed by atoms with E-state index in [1.165, 1.54) is 20.9 Å². The highest BCUT2D eigenvalue weighted by Gasteiger charge is 2.36. The normalized spacial score (nSPS) is 11.6. The minimum absolute atomic E-state index is 0.0877. The number of carbonyl (C=O) groups excluding carboxylic acids is 1. The summed E-state index contributed by atoms with van der Waals surface area (Å²) in [6.45, 7) is 6.58. The molecule has 3 heterocycles. The van der Waals surface area contributed by atoms with Gasteiger partial charge in [-0.1, -0.05) is 48.3 Å². The molecule has 5 rings (SSSR count). The summed E-state index contributed by atoms with van der Waals surface area (Å²) in [5, 5.41) is 13.3. The van der Waals surface area contributed by atoms with E-state index in [0.29, 0.717) is 44.2 Å².